The molecule has 8 nitrogen and oxygen atoms in total. The first-order valence-electron chi connectivity index (χ1n) is 10.4. The van der Waals surface area contributed by atoms with Crippen molar-refractivity contribution in [3.8, 4) is 17.0 Å². The molecule has 0 aliphatic carbocycles. The molecule has 0 N–H and O–H groups in total. The van der Waals surface area contributed by atoms with Crippen LogP contribution < -0.4 is 9.64 Å². The van der Waals surface area contributed by atoms with E-state index in [1.165, 1.54) is 6.26 Å². The van der Waals surface area contributed by atoms with Gasteiger partial charge < -0.3 is 23.9 Å². The lowest BCUT2D eigenvalue weighted by Gasteiger charge is -2.36. The molecule has 1 aliphatic heterocycles. The Morgan fingerprint density at radius 1 is 1.00 bits per heavy atom. The summed E-state index contributed by atoms with van der Waals surface area (Å²) >= 11 is 0. The maximum atomic E-state index is 12.8. The Balaban J connectivity index is 1.60. The van der Waals surface area contributed by atoms with Crippen molar-refractivity contribution in [3.63, 3.8) is 0 Å². The van der Waals surface area contributed by atoms with E-state index in [4.69, 9.17) is 14.1 Å². The molecule has 0 bridgehead atoms. The summed E-state index contributed by atoms with van der Waals surface area (Å²) in [5.41, 5.74) is 2.24. The van der Waals surface area contributed by atoms with Crippen LogP contribution in [-0.2, 0) is 0 Å². The Kier molecular flexibility index (Phi) is 6.11. The average Bonchev–Trinajstić information content (AvgIpc) is 3.38. The van der Waals surface area contributed by atoms with E-state index < -0.39 is 0 Å². The second-order valence-electron chi connectivity index (χ2n) is 7.75. The Bertz CT molecular complexity index is 1090. The zero-order chi connectivity index (χ0) is 22.7. The molecule has 1 saturated heterocycles. The first kappa shape index (κ1) is 21.4. The van der Waals surface area contributed by atoms with Crippen LogP contribution in [0.3, 0.4) is 0 Å². The number of rotatable bonds is 5. The molecule has 3 aromatic rings. The van der Waals surface area contributed by atoms with Crippen LogP contribution in [0.2, 0.25) is 0 Å². The number of nitrogens with zero attached hydrogens (tertiary/aromatic N) is 4. The summed E-state index contributed by atoms with van der Waals surface area (Å²) < 4.78 is 10.5. The summed E-state index contributed by atoms with van der Waals surface area (Å²) in [6.45, 7) is 2.17. The van der Waals surface area contributed by atoms with Gasteiger partial charge in [0.05, 0.1) is 24.6 Å². The van der Waals surface area contributed by atoms with Gasteiger partial charge in [-0.15, -0.1) is 0 Å². The van der Waals surface area contributed by atoms with E-state index in [9.17, 15) is 9.59 Å². The molecule has 0 unspecified atom stereocenters. The molecule has 4 rings (SSSR count). The minimum atomic E-state index is -0.126. The van der Waals surface area contributed by atoms with Gasteiger partial charge in [-0.25, -0.2) is 4.98 Å². The van der Waals surface area contributed by atoms with Crippen LogP contribution >= 0.6 is 0 Å². The highest BCUT2D eigenvalue weighted by Crippen LogP contribution is 2.27. The van der Waals surface area contributed by atoms with Crippen molar-refractivity contribution in [1.29, 1.82) is 0 Å². The number of amides is 2. The summed E-state index contributed by atoms with van der Waals surface area (Å²) in [4.78, 5) is 35.7. The number of ether oxygens (including phenoxy) is 1. The molecule has 0 saturated carbocycles. The second kappa shape index (κ2) is 9.13. The molecule has 0 spiro atoms. The van der Waals surface area contributed by atoms with E-state index in [-0.39, 0.29) is 11.8 Å². The number of benzene rings is 1. The van der Waals surface area contributed by atoms with E-state index >= 15 is 0 Å². The van der Waals surface area contributed by atoms with Crippen LogP contribution in [0, 0.1) is 0 Å². The summed E-state index contributed by atoms with van der Waals surface area (Å²) in [5, 5.41) is 0. The van der Waals surface area contributed by atoms with Crippen molar-refractivity contribution in [2.45, 2.75) is 0 Å². The van der Waals surface area contributed by atoms with Gasteiger partial charge >= 0.3 is 0 Å². The number of pyridine rings is 1. The van der Waals surface area contributed by atoms with Crippen molar-refractivity contribution in [3.05, 3.63) is 66.1 Å². The molecule has 1 aliphatic rings. The molecule has 1 fully saturated rings. The minimum Gasteiger partial charge on any atom is -0.497 e. The zero-order valence-electron chi connectivity index (χ0n) is 18.4. The van der Waals surface area contributed by atoms with Gasteiger partial charge in [-0.1, -0.05) is 0 Å². The van der Waals surface area contributed by atoms with Crippen LogP contribution in [0.25, 0.3) is 11.3 Å². The molecule has 0 radical (unpaired) electrons. The van der Waals surface area contributed by atoms with Crippen LogP contribution in [0.4, 0.5) is 5.82 Å². The number of furan rings is 1. The number of hydrogen-bond donors (Lipinski definition) is 0. The smallest absolute Gasteiger partial charge is 0.289 e. The van der Waals surface area contributed by atoms with E-state index in [2.05, 4.69) is 4.90 Å². The molecule has 3 heterocycles. The fourth-order valence-corrected chi connectivity index (χ4v) is 3.70. The first-order valence-corrected chi connectivity index (χ1v) is 10.4. The quantitative estimate of drug-likeness (QED) is 0.614. The molecule has 2 amide bonds. The number of aromatic nitrogens is 1. The lowest BCUT2D eigenvalue weighted by molar-refractivity contribution is 0.0713. The highest BCUT2D eigenvalue weighted by atomic mass is 16.5. The summed E-state index contributed by atoms with van der Waals surface area (Å²) in [6.07, 6.45) is 1.50. The van der Waals surface area contributed by atoms with Crippen molar-refractivity contribution in [2.75, 3.05) is 52.3 Å². The van der Waals surface area contributed by atoms with Gasteiger partial charge in [0, 0.05) is 45.8 Å². The predicted molar refractivity (Wildman–Crippen MR) is 121 cm³/mol. The predicted octanol–water partition coefficient (Wildman–Crippen LogP) is 3.01. The Labute approximate surface area is 187 Å². The highest BCUT2D eigenvalue weighted by Gasteiger charge is 2.27. The van der Waals surface area contributed by atoms with Gasteiger partial charge in [-0.05, 0) is 48.5 Å². The van der Waals surface area contributed by atoms with Crippen LogP contribution in [0.5, 0.6) is 5.75 Å². The van der Waals surface area contributed by atoms with Crippen molar-refractivity contribution >= 4 is 17.6 Å². The number of carbonyl (C=O) groups is 2. The van der Waals surface area contributed by atoms with Crippen molar-refractivity contribution in [1.82, 2.24) is 14.8 Å². The monoisotopic (exact) mass is 434 g/mol. The van der Waals surface area contributed by atoms with E-state index in [0.29, 0.717) is 43.3 Å². The first-order chi connectivity index (χ1) is 15.5. The lowest BCUT2D eigenvalue weighted by Crippen LogP contribution is -2.49. The molecule has 2 aromatic heterocycles. The molecule has 1 aromatic carbocycles. The Hall–Kier alpha value is -3.81. The number of hydrogen-bond acceptors (Lipinski definition) is 6. The van der Waals surface area contributed by atoms with Gasteiger partial charge in [-0.3, -0.25) is 9.59 Å². The fourth-order valence-electron chi connectivity index (χ4n) is 3.70. The second-order valence-corrected chi connectivity index (χ2v) is 7.75. The topological polar surface area (TPSA) is 79.1 Å². The third kappa shape index (κ3) is 4.30. The largest absolute Gasteiger partial charge is 0.497 e. The number of anilines is 1. The molecule has 8 heteroatoms. The third-order valence-corrected chi connectivity index (χ3v) is 5.50. The van der Waals surface area contributed by atoms with Gasteiger partial charge in [-0.2, -0.15) is 0 Å². The lowest BCUT2D eigenvalue weighted by atomic mass is 10.1. The highest BCUT2D eigenvalue weighted by molar-refractivity contribution is 5.99. The number of methoxy groups -OCH3 is 1. The Morgan fingerprint density at radius 3 is 2.31 bits per heavy atom. The molecule has 0 atom stereocenters. The van der Waals surface area contributed by atoms with Crippen LogP contribution in [0.1, 0.15) is 20.9 Å². The van der Waals surface area contributed by atoms with Crippen molar-refractivity contribution in [2.24, 2.45) is 0 Å². The third-order valence-electron chi connectivity index (χ3n) is 5.50. The summed E-state index contributed by atoms with van der Waals surface area (Å²) in [7, 11) is 5.08. The SMILES string of the molecule is COc1ccc(-c2ccc(C(=O)N(C)C)c(N3CCN(C(=O)c4ccco4)CC3)n2)cc1. The minimum absolute atomic E-state index is 0.108. The maximum absolute atomic E-state index is 12.8. The normalized spacial score (nSPS) is 13.7. The van der Waals surface area contributed by atoms with Crippen LogP contribution in [-0.4, -0.2) is 74.0 Å². The molecule has 166 valence electrons. The average molecular weight is 434 g/mol. The van der Waals surface area contributed by atoms with Crippen LogP contribution in [0.15, 0.2) is 59.2 Å². The van der Waals surface area contributed by atoms with Gasteiger partial charge in [0.25, 0.3) is 11.8 Å². The van der Waals surface area contributed by atoms with Gasteiger partial charge in [0.1, 0.15) is 11.6 Å². The van der Waals surface area contributed by atoms with Gasteiger partial charge in [0.2, 0.25) is 0 Å². The number of carbonyl (C=O) groups excluding carboxylic acids is 2. The summed E-state index contributed by atoms with van der Waals surface area (Å²) in [5.74, 6) is 1.50. The maximum Gasteiger partial charge on any atom is 0.289 e. The zero-order valence-corrected chi connectivity index (χ0v) is 18.4. The standard InChI is InChI=1S/C24H26N4O4/c1-26(2)23(29)19-10-11-20(17-6-8-18(31-3)9-7-17)25-22(19)27-12-14-28(15-13-27)24(30)21-5-4-16-32-21/h4-11,16H,12-15H2,1-3H3. The van der Waals surface area contributed by atoms with E-state index in [1.54, 1.807) is 43.1 Å². The summed E-state index contributed by atoms with van der Waals surface area (Å²) in [6, 6.07) is 14.7. The van der Waals surface area contributed by atoms with E-state index in [1.807, 2.05) is 36.4 Å². The number of piperazine rings is 1. The van der Waals surface area contributed by atoms with E-state index in [0.717, 1.165) is 17.0 Å². The van der Waals surface area contributed by atoms with Gasteiger partial charge in [0.15, 0.2) is 5.76 Å². The fraction of sp³-hybridized carbons (Fsp3) is 0.292. The Morgan fingerprint density at radius 2 is 1.72 bits per heavy atom. The molecular formula is C24H26N4O4. The molecule has 32 heavy (non-hydrogen) atoms. The van der Waals surface area contributed by atoms with Crippen molar-refractivity contribution < 1.29 is 18.7 Å². The molecular weight excluding hydrogens is 408 g/mol.